The molecule has 2 rings (SSSR count). The van der Waals surface area contributed by atoms with Crippen molar-refractivity contribution < 1.29 is 9.90 Å². The summed E-state index contributed by atoms with van der Waals surface area (Å²) in [5.41, 5.74) is 1.09. The van der Waals surface area contributed by atoms with Gasteiger partial charge in [0.1, 0.15) is 5.82 Å². The first kappa shape index (κ1) is 13.9. The minimum atomic E-state index is -0.187. The Kier molecular flexibility index (Phi) is 3.85. The van der Waals surface area contributed by atoms with Crippen LogP contribution in [0.3, 0.4) is 0 Å². The van der Waals surface area contributed by atoms with Crippen molar-refractivity contribution in [2.75, 3.05) is 19.7 Å². The summed E-state index contributed by atoms with van der Waals surface area (Å²) in [6, 6.07) is 0. The first-order chi connectivity index (χ1) is 8.95. The SMILES string of the molecule is Cc1ncc(C(=O)N2CCCC(C)(CO)C2)c(C)n1. The van der Waals surface area contributed by atoms with Crippen LogP contribution in [0.25, 0.3) is 0 Å². The summed E-state index contributed by atoms with van der Waals surface area (Å²) >= 11 is 0. The molecule has 0 spiro atoms. The summed E-state index contributed by atoms with van der Waals surface area (Å²) in [6.45, 7) is 7.10. The number of aromatic nitrogens is 2. The van der Waals surface area contributed by atoms with Crippen LogP contribution in [-0.4, -0.2) is 45.6 Å². The summed E-state index contributed by atoms with van der Waals surface area (Å²) in [5.74, 6) is 0.643. The number of carbonyl (C=O) groups is 1. The van der Waals surface area contributed by atoms with E-state index in [1.165, 1.54) is 0 Å². The van der Waals surface area contributed by atoms with E-state index in [-0.39, 0.29) is 17.9 Å². The van der Waals surface area contributed by atoms with Gasteiger partial charge in [-0.1, -0.05) is 6.92 Å². The quantitative estimate of drug-likeness (QED) is 0.874. The van der Waals surface area contributed by atoms with Gasteiger partial charge in [0.25, 0.3) is 5.91 Å². The molecule has 1 N–H and O–H groups in total. The number of likely N-dealkylation sites (tertiary alicyclic amines) is 1. The van der Waals surface area contributed by atoms with Crippen LogP contribution in [0.2, 0.25) is 0 Å². The van der Waals surface area contributed by atoms with Crippen molar-refractivity contribution in [1.29, 1.82) is 0 Å². The fraction of sp³-hybridized carbons (Fsp3) is 0.643. The van der Waals surface area contributed by atoms with Crippen molar-refractivity contribution in [3.63, 3.8) is 0 Å². The van der Waals surface area contributed by atoms with Gasteiger partial charge in [0.2, 0.25) is 0 Å². The van der Waals surface area contributed by atoms with Gasteiger partial charge in [-0.2, -0.15) is 0 Å². The number of hydrogen-bond acceptors (Lipinski definition) is 4. The lowest BCUT2D eigenvalue weighted by Gasteiger charge is -2.39. The first-order valence-electron chi connectivity index (χ1n) is 6.65. The molecule has 0 aliphatic carbocycles. The molecule has 1 atom stereocenters. The number of hydrogen-bond donors (Lipinski definition) is 1. The molecule has 1 aromatic heterocycles. The lowest BCUT2D eigenvalue weighted by molar-refractivity contribution is 0.0356. The molecule has 104 valence electrons. The second-order valence-electron chi connectivity index (χ2n) is 5.72. The molecule has 1 aromatic rings. The molecule has 1 saturated heterocycles. The van der Waals surface area contributed by atoms with Crippen molar-refractivity contribution in [3.8, 4) is 0 Å². The van der Waals surface area contributed by atoms with Crippen molar-refractivity contribution in [2.24, 2.45) is 5.41 Å². The third kappa shape index (κ3) is 2.92. The lowest BCUT2D eigenvalue weighted by atomic mass is 9.82. The molecule has 1 amide bonds. The van der Waals surface area contributed by atoms with E-state index in [1.807, 2.05) is 20.8 Å². The minimum absolute atomic E-state index is 0.0307. The van der Waals surface area contributed by atoms with E-state index >= 15 is 0 Å². The Bertz CT molecular complexity index is 490. The maximum absolute atomic E-state index is 12.5. The van der Waals surface area contributed by atoms with Gasteiger partial charge in [0, 0.05) is 24.7 Å². The Hall–Kier alpha value is -1.49. The number of aryl methyl sites for hydroxylation is 2. The van der Waals surface area contributed by atoms with Crippen molar-refractivity contribution in [2.45, 2.75) is 33.6 Å². The zero-order chi connectivity index (χ0) is 14.0. The average molecular weight is 263 g/mol. The molecule has 0 bridgehead atoms. The average Bonchev–Trinajstić information content (AvgIpc) is 2.38. The largest absolute Gasteiger partial charge is 0.396 e. The molecule has 0 aromatic carbocycles. The predicted octanol–water partition coefficient (Wildman–Crippen LogP) is 1.33. The highest BCUT2D eigenvalue weighted by molar-refractivity contribution is 5.95. The van der Waals surface area contributed by atoms with E-state index in [0.717, 1.165) is 19.4 Å². The Morgan fingerprint density at radius 2 is 2.26 bits per heavy atom. The van der Waals surface area contributed by atoms with Crippen LogP contribution in [0, 0.1) is 19.3 Å². The highest BCUT2D eigenvalue weighted by Gasteiger charge is 2.33. The molecule has 2 heterocycles. The monoisotopic (exact) mass is 263 g/mol. The van der Waals surface area contributed by atoms with Crippen molar-refractivity contribution in [3.05, 3.63) is 23.3 Å². The lowest BCUT2D eigenvalue weighted by Crippen LogP contribution is -2.46. The summed E-state index contributed by atoms with van der Waals surface area (Å²) < 4.78 is 0. The van der Waals surface area contributed by atoms with Gasteiger partial charge in [-0.15, -0.1) is 0 Å². The van der Waals surface area contributed by atoms with Crippen LogP contribution >= 0.6 is 0 Å². The number of amides is 1. The summed E-state index contributed by atoms with van der Waals surface area (Å²) in [5, 5.41) is 9.45. The van der Waals surface area contributed by atoms with Crippen LogP contribution < -0.4 is 0 Å². The molecule has 0 radical (unpaired) electrons. The molecule has 5 nitrogen and oxygen atoms in total. The molecular weight excluding hydrogens is 242 g/mol. The molecule has 0 saturated carbocycles. The van der Waals surface area contributed by atoms with Crippen molar-refractivity contribution in [1.82, 2.24) is 14.9 Å². The van der Waals surface area contributed by atoms with E-state index in [9.17, 15) is 9.90 Å². The molecule has 19 heavy (non-hydrogen) atoms. The van der Waals surface area contributed by atoms with Gasteiger partial charge >= 0.3 is 0 Å². The first-order valence-corrected chi connectivity index (χ1v) is 6.65. The van der Waals surface area contributed by atoms with E-state index in [2.05, 4.69) is 9.97 Å². The summed E-state index contributed by atoms with van der Waals surface area (Å²) in [7, 11) is 0. The van der Waals surface area contributed by atoms with Gasteiger partial charge in [-0.05, 0) is 26.7 Å². The Morgan fingerprint density at radius 1 is 1.53 bits per heavy atom. The smallest absolute Gasteiger partial charge is 0.257 e. The highest BCUT2D eigenvalue weighted by atomic mass is 16.3. The zero-order valence-corrected chi connectivity index (χ0v) is 11.8. The maximum atomic E-state index is 12.5. The van der Waals surface area contributed by atoms with Gasteiger partial charge in [-0.25, -0.2) is 9.97 Å². The molecular formula is C14H21N3O2. The maximum Gasteiger partial charge on any atom is 0.257 e. The van der Waals surface area contributed by atoms with E-state index in [1.54, 1.807) is 11.1 Å². The van der Waals surface area contributed by atoms with E-state index < -0.39 is 0 Å². The molecule has 1 aliphatic rings. The zero-order valence-electron chi connectivity index (χ0n) is 11.8. The number of piperidine rings is 1. The van der Waals surface area contributed by atoms with E-state index in [0.29, 0.717) is 23.6 Å². The topological polar surface area (TPSA) is 66.3 Å². The Balaban J connectivity index is 2.19. The minimum Gasteiger partial charge on any atom is -0.396 e. The molecule has 1 unspecified atom stereocenters. The van der Waals surface area contributed by atoms with E-state index in [4.69, 9.17) is 0 Å². The normalized spacial score (nSPS) is 23.5. The fourth-order valence-electron chi connectivity index (χ4n) is 2.58. The molecule has 1 fully saturated rings. The Morgan fingerprint density at radius 3 is 2.89 bits per heavy atom. The standard InChI is InChI=1S/C14H21N3O2/c1-10-12(7-15-11(2)16-10)13(19)17-6-4-5-14(3,8-17)9-18/h7,18H,4-6,8-9H2,1-3H3. The fourth-order valence-corrected chi connectivity index (χ4v) is 2.58. The number of nitrogens with zero attached hydrogens (tertiary/aromatic N) is 3. The number of aliphatic hydroxyl groups is 1. The highest BCUT2D eigenvalue weighted by Crippen LogP contribution is 2.29. The second-order valence-corrected chi connectivity index (χ2v) is 5.72. The Labute approximate surface area is 113 Å². The predicted molar refractivity (Wildman–Crippen MR) is 71.8 cm³/mol. The summed E-state index contributed by atoms with van der Waals surface area (Å²) in [4.78, 5) is 22.6. The molecule has 5 heteroatoms. The van der Waals surface area contributed by atoms with Crippen LogP contribution in [0.4, 0.5) is 0 Å². The third-order valence-corrected chi connectivity index (χ3v) is 3.78. The van der Waals surface area contributed by atoms with Crippen molar-refractivity contribution >= 4 is 5.91 Å². The second kappa shape index (κ2) is 5.25. The third-order valence-electron chi connectivity index (χ3n) is 3.78. The van der Waals surface area contributed by atoms with Crippen LogP contribution in [-0.2, 0) is 0 Å². The van der Waals surface area contributed by atoms with Gasteiger partial charge in [-0.3, -0.25) is 4.79 Å². The number of aliphatic hydroxyl groups excluding tert-OH is 1. The van der Waals surface area contributed by atoms with Gasteiger partial charge < -0.3 is 10.0 Å². The van der Waals surface area contributed by atoms with Crippen LogP contribution in [0.1, 0.15) is 41.6 Å². The van der Waals surface area contributed by atoms with Crippen LogP contribution in [0.15, 0.2) is 6.20 Å². The number of rotatable bonds is 2. The summed E-state index contributed by atoms with van der Waals surface area (Å²) in [6.07, 6.45) is 3.48. The van der Waals surface area contributed by atoms with Crippen LogP contribution in [0.5, 0.6) is 0 Å². The van der Waals surface area contributed by atoms with Gasteiger partial charge in [0.05, 0.1) is 17.9 Å². The number of carbonyl (C=O) groups excluding carboxylic acids is 1. The van der Waals surface area contributed by atoms with Gasteiger partial charge in [0.15, 0.2) is 0 Å². The molecule has 1 aliphatic heterocycles.